The molecule has 1 atom stereocenters. The van der Waals surface area contributed by atoms with E-state index in [1.165, 1.54) is 18.2 Å². The number of amides is 1. The number of nitrogens with zero attached hydrogens (tertiary/aromatic N) is 1. The zero-order valence-electron chi connectivity index (χ0n) is 13.3. The van der Waals surface area contributed by atoms with Gasteiger partial charge < -0.3 is 9.64 Å². The highest BCUT2D eigenvalue weighted by molar-refractivity contribution is 5.94. The number of hydrogen-bond donors (Lipinski definition) is 0. The molecule has 2 aromatic rings. The van der Waals surface area contributed by atoms with Crippen LogP contribution in [0.4, 0.5) is 8.78 Å². The molecule has 1 heterocycles. The van der Waals surface area contributed by atoms with Gasteiger partial charge >= 0.3 is 0 Å². The number of likely N-dealkylation sites (tertiary alicyclic amines) is 1. The van der Waals surface area contributed by atoms with Crippen molar-refractivity contribution in [1.82, 2.24) is 4.90 Å². The van der Waals surface area contributed by atoms with Crippen molar-refractivity contribution in [3.63, 3.8) is 0 Å². The molecule has 0 bridgehead atoms. The van der Waals surface area contributed by atoms with E-state index in [4.69, 9.17) is 4.74 Å². The summed E-state index contributed by atoms with van der Waals surface area (Å²) in [5.41, 5.74) is 0.0909. The average molecular weight is 331 g/mol. The molecule has 126 valence electrons. The Labute approximate surface area is 139 Å². The number of ether oxygens (including phenoxy) is 1. The minimum absolute atomic E-state index is 0.0909. The molecule has 1 saturated heterocycles. The van der Waals surface area contributed by atoms with Crippen LogP contribution in [0.15, 0.2) is 48.5 Å². The Morgan fingerprint density at radius 2 is 1.79 bits per heavy atom. The van der Waals surface area contributed by atoms with Crippen LogP contribution in [0, 0.1) is 17.6 Å². The van der Waals surface area contributed by atoms with Crippen LogP contribution < -0.4 is 4.74 Å². The molecule has 1 unspecified atom stereocenters. The lowest BCUT2D eigenvalue weighted by Gasteiger charge is -2.32. The second-order valence-corrected chi connectivity index (χ2v) is 5.98. The summed E-state index contributed by atoms with van der Waals surface area (Å²) in [7, 11) is 0. The quantitative estimate of drug-likeness (QED) is 0.850. The SMILES string of the molecule is O=C(c1ccccc1F)N1CCCC(COc2ccccc2F)C1. The van der Waals surface area contributed by atoms with E-state index in [1.807, 2.05) is 0 Å². The van der Waals surface area contributed by atoms with E-state index in [0.717, 1.165) is 12.8 Å². The van der Waals surface area contributed by atoms with Gasteiger partial charge in [-0.25, -0.2) is 8.78 Å². The van der Waals surface area contributed by atoms with Crippen molar-refractivity contribution < 1.29 is 18.3 Å². The van der Waals surface area contributed by atoms with Crippen LogP contribution in [0.2, 0.25) is 0 Å². The van der Waals surface area contributed by atoms with Crippen molar-refractivity contribution in [2.45, 2.75) is 12.8 Å². The molecule has 0 saturated carbocycles. The highest BCUT2D eigenvalue weighted by Gasteiger charge is 2.26. The Morgan fingerprint density at radius 3 is 2.54 bits per heavy atom. The first kappa shape index (κ1) is 16.4. The molecular weight excluding hydrogens is 312 g/mol. The molecule has 0 N–H and O–H groups in total. The van der Waals surface area contributed by atoms with Crippen LogP contribution in [0.1, 0.15) is 23.2 Å². The van der Waals surface area contributed by atoms with Crippen LogP contribution in [-0.4, -0.2) is 30.5 Å². The molecule has 5 heteroatoms. The molecule has 2 aromatic carbocycles. The van der Waals surface area contributed by atoms with E-state index in [0.29, 0.717) is 19.7 Å². The summed E-state index contributed by atoms with van der Waals surface area (Å²) in [4.78, 5) is 14.1. The molecule has 0 aromatic heterocycles. The Hall–Kier alpha value is -2.43. The summed E-state index contributed by atoms with van der Waals surface area (Å²) < 4.78 is 32.9. The van der Waals surface area contributed by atoms with Gasteiger partial charge in [-0.1, -0.05) is 24.3 Å². The van der Waals surface area contributed by atoms with E-state index in [9.17, 15) is 13.6 Å². The lowest BCUT2D eigenvalue weighted by molar-refractivity contribution is 0.0626. The first-order chi connectivity index (χ1) is 11.6. The number of piperidine rings is 1. The molecule has 1 amide bonds. The Kier molecular flexibility index (Phi) is 5.08. The van der Waals surface area contributed by atoms with E-state index < -0.39 is 11.6 Å². The average Bonchev–Trinajstić information content (AvgIpc) is 2.61. The fourth-order valence-electron chi connectivity index (χ4n) is 2.96. The molecule has 3 nitrogen and oxygen atoms in total. The van der Waals surface area contributed by atoms with Crippen LogP contribution >= 0.6 is 0 Å². The first-order valence-electron chi connectivity index (χ1n) is 8.06. The van der Waals surface area contributed by atoms with E-state index >= 15 is 0 Å². The second-order valence-electron chi connectivity index (χ2n) is 5.98. The van der Waals surface area contributed by atoms with Crippen molar-refractivity contribution in [1.29, 1.82) is 0 Å². The maximum absolute atomic E-state index is 13.8. The topological polar surface area (TPSA) is 29.5 Å². The zero-order valence-corrected chi connectivity index (χ0v) is 13.3. The van der Waals surface area contributed by atoms with Crippen LogP contribution in [0.5, 0.6) is 5.75 Å². The number of carbonyl (C=O) groups is 1. The number of halogens is 2. The van der Waals surface area contributed by atoms with Crippen LogP contribution in [0.3, 0.4) is 0 Å². The molecule has 1 fully saturated rings. The van der Waals surface area contributed by atoms with Crippen molar-refractivity contribution in [3.05, 3.63) is 65.7 Å². The molecule has 0 aliphatic carbocycles. The third-order valence-electron chi connectivity index (χ3n) is 4.22. The molecule has 1 aliphatic heterocycles. The molecule has 3 rings (SSSR count). The van der Waals surface area contributed by atoms with Crippen molar-refractivity contribution in [2.24, 2.45) is 5.92 Å². The molecule has 24 heavy (non-hydrogen) atoms. The Morgan fingerprint density at radius 1 is 1.08 bits per heavy atom. The molecule has 0 spiro atoms. The van der Waals surface area contributed by atoms with Crippen molar-refractivity contribution in [3.8, 4) is 5.75 Å². The van der Waals surface area contributed by atoms with Gasteiger partial charge in [-0.05, 0) is 37.1 Å². The predicted molar refractivity (Wildman–Crippen MR) is 86.9 cm³/mol. The van der Waals surface area contributed by atoms with Crippen molar-refractivity contribution >= 4 is 5.91 Å². The third kappa shape index (κ3) is 3.72. The standard InChI is InChI=1S/C19H19F2NO2/c20-16-8-2-1-7-15(16)19(23)22-11-5-6-14(12-22)13-24-18-10-4-3-9-17(18)21/h1-4,7-10,14H,5-6,11-13H2. The van der Waals surface area contributed by atoms with E-state index in [2.05, 4.69) is 0 Å². The fourth-order valence-corrected chi connectivity index (χ4v) is 2.96. The summed E-state index contributed by atoms with van der Waals surface area (Å²) in [6.07, 6.45) is 1.72. The summed E-state index contributed by atoms with van der Waals surface area (Å²) in [5, 5.41) is 0. The minimum Gasteiger partial charge on any atom is -0.490 e. The Balaban J connectivity index is 1.61. The van der Waals surface area contributed by atoms with Gasteiger partial charge in [0, 0.05) is 19.0 Å². The molecular formula is C19H19F2NO2. The second kappa shape index (κ2) is 7.43. The van der Waals surface area contributed by atoms with Gasteiger partial charge in [0.1, 0.15) is 5.82 Å². The van der Waals surface area contributed by atoms with E-state index in [-0.39, 0.29) is 23.1 Å². The van der Waals surface area contributed by atoms with Crippen molar-refractivity contribution in [2.75, 3.05) is 19.7 Å². The summed E-state index contributed by atoms with van der Waals surface area (Å²) in [6.45, 7) is 1.42. The first-order valence-corrected chi connectivity index (χ1v) is 8.06. The normalized spacial score (nSPS) is 17.6. The lowest BCUT2D eigenvalue weighted by atomic mass is 9.98. The van der Waals surface area contributed by atoms with Gasteiger partial charge in [-0.2, -0.15) is 0 Å². The monoisotopic (exact) mass is 331 g/mol. The highest BCUT2D eigenvalue weighted by atomic mass is 19.1. The lowest BCUT2D eigenvalue weighted by Crippen LogP contribution is -2.41. The van der Waals surface area contributed by atoms with E-state index in [1.54, 1.807) is 35.2 Å². The summed E-state index contributed by atoms with van der Waals surface area (Å²) in [6, 6.07) is 12.3. The number of para-hydroxylation sites is 1. The summed E-state index contributed by atoms with van der Waals surface area (Å²) in [5.74, 6) is -0.882. The molecule has 1 aliphatic rings. The van der Waals surface area contributed by atoms with Gasteiger partial charge in [0.2, 0.25) is 0 Å². The highest BCUT2D eigenvalue weighted by Crippen LogP contribution is 2.22. The summed E-state index contributed by atoms with van der Waals surface area (Å²) >= 11 is 0. The fraction of sp³-hybridized carbons (Fsp3) is 0.316. The maximum Gasteiger partial charge on any atom is 0.256 e. The Bertz CT molecular complexity index is 720. The smallest absolute Gasteiger partial charge is 0.256 e. The van der Waals surface area contributed by atoms with Gasteiger partial charge in [0.25, 0.3) is 5.91 Å². The van der Waals surface area contributed by atoms with Gasteiger partial charge in [-0.15, -0.1) is 0 Å². The minimum atomic E-state index is -0.507. The van der Waals surface area contributed by atoms with Gasteiger partial charge in [0.05, 0.1) is 12.2 Å². The molecule has 0 radical (unpaired) electrons. The van der Waals surface area contributed by atoms with Gasteiger partial charge in [0.15, 0.2) is 11.6 Å². The van der Waals surface area contributed by atoms with Crippen LogP contribution in [-0.2, 0) is 0 Å². The number of rotatable bonds is 4. The predicted octanol–water partition coefficient (Wildman–Crippen LogP) is 3.90. The maximum atomic E-state index is 13.8. The number of carbonyl (C=O) groups excluding carboxylic acids is 1. The number of benzene rings is 2. The largest absolute Gasteiger partial charge is 0.490 e. The third-order valence-corrected chi connectivity index (χ3v) is 4.22. The number of hydrogen-bond acceptors (Lipinski definition) is 2. The van der Waals surface area contributed by atoms with Gasteiger partial charge in [-0.3, -0.25) is 4.79 Å². The zero-order chi connectivity index (χ0) is 16.9. The van der Waals surface area contributed by atoms with Crippen LogP contribution in [0.25, 0.3) is 0 Å².